The van der Waals surface area contributed by atoms with Crippen LogP contribution >= 0.6 is 23.1 Å². The van der Waals surface area contributed by atoms with Crippen molar-refractivity contribution in [3.63, 3.8) is 0 Å². The van der Waals surface area contributed by atoms with Gasteiger partial charge in [0, 0.05) is 15.8 Å². The third-order valence-corrected chi connectivity index (χ3v) is 5.78. The molecule has 1 atom stereocenters. The lowest BCUT2D eigenvalue weighted by molar-refractivity contribution is 0.562. The SMILES string of the molecule is CSCCCCNC(C)c1cc2c(s1)CCCC2. The molecule has 1 heterocycles. The number of nitrogens with one attached hydrogen (secondary N) is 1. The van der Waals surface area contributed by atoms with Gasteiger partial charge in [0.25, 0.3) is 0 Å². The van der Waals surface area contributed by atoms with E-state index in [0.29, 0.717) is 6.04 Å². The van der Waals surface area contributed by atoms with E-state index in [1.807, 2.05) is 23.1 Å². The molecule has 0 fully saturated rings. The van der Waals surface area contributed by atoms with Gasteiger partial charge in [0.1, 0.15) is 0 Å². The van der Waals surface area contributed by atoms with Gasteiger partial charge >= 0.3 is 0 Å². The molecule has 0 saturated carbocycles. The Morgan fingerprint density at radius 1 is 1.33 bits per heavy atom. The standard InChI is InChI=1S/C15H25NS2/c1-12(16-9-5-6-10-17-2)15-11-13-7-3-4-8-14(13)18-15/h11-12,16H,3-10H2,1-2H3. The van der Waals surface area contributed by atoms with Crippen molar-refractivity contribution in [3.05, 3.63) is 21.4 Å². The molecule has 1 N–H and O–H groups in total. The maximum atomic E-state index is 3.67. The molecular formula is C15H25NS2. The molecule has 18 heavy (non-hydrogen) atoms. The van der Waals surface area contributed by atoms with Crippen LogP contribution in [0.1, 0.15) is 54.0 Å². The molecule has 1 aromatic heterocycles. The Kier molecular flexibility index (Phi) is 6.06. The van der Waals surface area contributed by atoms with Gasteiger partial charge < -0.3 is 5.32 Å². The van der Waals surface area contributed by atoms with Crippen molar-refractivity contribution >= 4 is 23.1 Å². The van der Waals surface area contributed by atoms with E-state index < -0.39 is 0 Å². The van der Waals surface area contributed by atoms with E-state index >= 15 is 0 Å². The third-order valence-electron chi connectivity index (χ3n) is 3.67. The lowest BCUT2D eigenvalue weighted by Crippen LogP contribution is -2.19. The van der Waals surface area contributed by atoms with Crippen LogP contribution in [0.2, 0.25) is 0 Å². The minimum Gasteiger partial charge on any atom is -0.309 e. The normalized spacial score (nSPS) is 16.6. The molecule has 1 aliphatic rings. The van der Waals surface area contributed by atoms with Crippen LogP contribution in [0.4, 0.5) is 0 Å². The van der Waals surface area contributed by atoms with E-state index in [4.69, 9.17) is 0 Å². The van der Waals surface area contributed by atoms with Crippen LogP contribution in [0.3, 0.4) is 0 Å². The molecule has 102 valence electrons. The van der Waals surface area contributed by atoms with Crippen LogP contribution in [0, 0.1) is 0 Å². The van der Waals surface area contributed by atoms with E-state index in [1.54, 1.807) is 15.3 Å². The molecule has 0 aromatic carbocycles. The van der Waals surface area contributed by atoms with Gasteiger partial charge in [0.2, 0.25) is 0 Å². The number of hydrogen-bond acceptors (Lipinski definition) is 3. The maximum absolute atomic E-state index is 3.67. The number of fused-ring (bicyclic) bond motifs is 1. The van der Waals surface area contributed by atoms with E-state index in [0.717, 1.165) is 6.54 Å². The molecule has 0 aliphatic heterocycles. The summed E-state index contributed by atoms with van der Waals surface area (Å²) >= 11 is 3.99. The quantitative estimate of drug-likeness (QED) is 0.743. The highest BCUT2D eigenvalue weighted by molar-refractivity contribution is 7.98. The number of hydrogen-bond donors (Lipinski definition) is 1. The molecule has 1 unspecified atom stereocenters. The van der Waals surface area contributed by atoms with Crippen LogP contribution in [-0.2, 0) is 12.8 Å². The maximum Gasteiger partial charge on any atom is 0.0386 e. The second-order valence-electron chi connectivity index (χ2n) is 5.18. The number of rotatable bonds is 7. The average Bonchev–Trinajstić information content (AvgIpc) is 2.82. The van der Waals surface area contributed by atoms with Crippen LogP contribution < -0.4 is 5.32 Å². The molecular weight excluding hydrogens is 258 g/mol. The first-order valence-electron chi connectivity index (χ1n) is 7.15. The Balaban J connectivity index is 1.78. The Bertz CT molecular complexity index is 336. The van der Waals surface area contributed by atoms with Gasteiger partial charge in [-0.3, -0.25) is 0 Å². The van der Waals surface area contributed by atoms with Crippen molar-refractivity contribution in [3.8, 4) is 0 Å². The van der Waals surface area contributed by atoms with E-state index in [-0.39, 0.29) is 0 Å². The van der Waals surface area contributed by atoms with Gasteiger partial charge in [-0.2, -0.15) is 11.8 Å². The molecule has 0 bridgehead atoms. The molecule has 1 aliphatic carbocycles. The monoisotopic (exact) mass is 283 g/mol. The van der Waals surface area contributed by atoms with Gasteiger partial charge in [0.05, 0.1) is 0 Å². The van der Waals surface area contributed by atoms with Gasteiger partial charge in [0.15, 0.2) is 0 Å². The minimum absolute atomic E-state index is 0.537. The first kappa shape index (κ1) is 14.4. The van der Waals surface area contributed by atoms with Crippen molar-refractivity contribution in [1.82, 2.24) is 5.32 Å². The van der Waals surface area contributed by atoms with Gasteiger partial charge in [-0.15, -0.1) is 11.3 Å². The molecule has 0 spiro atoms. The van der Waals surface area contributed by atoms with Gasteiger partial charge in [-0.1, -0.05) is 0 Å². The summed E-state index contributed by atoms with van der Waals surface area (Å²) in [5, 5.41) is 3.67. The number of aryl methyl sites for hydroxylation is 2. The first-order chi connectivity index (χ1) is 8.81. The van der Waals surface area contributed by atoms with Crippen LogP contribution in [-0.4, -0.2) is 18.6 Å². The summed E-state index contributed by atoms with van der Waals surface area (Å²) in [6.45, 7) is 3.47. The van der Waals surface area contributed by atoms with Crippen molar-refractivity contribution in [1.29, 1.82) is 0 Å². The fraction of sp³-hybridized carbons (Fsp3) is 0.733. The lowest BCUT2D eigenvalue weighted by Gasteiger charge is -2.11. The smallest absolute Gasteiger partial charge is 0.0386 e. The summed E-state index contributed by atoms with van der Waals surface area (Å²) in [4.78, 5) is 3.21. The highest BCUT2D eigenvalue weighted by Crippen LogP contribution is 2.32. The van der Waals surface area contributed by atoms with Crippen molar-refractivity contribution in [2.24, 2.45) is 0 Å². The second kappa shape index (κ2) is 7.56. The largest absolute Gasteiger partial charge is 0.309 e. The van der Waals surface area contributed by atoms with Gasteiger partial charge in [-0.25, -0.2) is 0 Å². The predicted molar refractivity (Wildman–Crippen MR) is 85.0 cm³/mol. The fourth-order valence-electron chi connectivity index (χ4n) is 2.52. The molecule has 1 nitrogen and oxygen atoms in total. The summed E-state index contributed by atoms with van der Waals surface area (Å²) in [6.07, 6.45) is 10.2. The van der Waals surface area contributed by atoms with E-state index in [9.17, 15) is 0 Å². The first-order valence-corrected chi connectivity index (χ1v) is 9.36. The summed E-state index contributed by atoms with van der Waals surface area (Å²) in [6, 6.07) is 2.99. The number of thiophene rings is 1. The van der Waals surface area contributed by atoms with Crippen molar-refractivity contribution in [2.75, 3.05) is 18.6 Å². The minimum atomic E-state index is 0.537. The number of thioether (sulfide) groups is 1. The van der Waals surface area contributed by atoms with Crippen LogP contribution in [0.25, 0.3) is 0 Å². The Morgan fingerprint density at radius 3 is 2.94 bits per heavy atom. The molecule has 3 heteroatoms. The summed E-state index contributed by atoms with van der Waals surface area (Å²) in [5.41, 5.74) is 1.64. The third kappa shape index (κ3) is 4.01. The summed E-state index contributed by atoms with van der Waals surface area (Å²) in [7, 11) is 0. The van der Waals surface area contributed by atoms with Crippen LogP contribution in [0.5, 0.6) is 0 Å². The Morgan fingerprint density at radius 2 is 2.17 bits per heavy atom. The zero-order valence-corrected chi connectivity index (χ0v) is 13.3. The summed E-state index contributed by atoms with van der Waals surface area (Å²) < 4.78 is 0. The summed E-state index contributed by atoms with van der Waals surface area (Å²) in [5.74, 6) is 1.29. The van der Waals surface area contributed by atoms with Gasteiger partial charge in [-0.05, 0) is 75.6 Å². The predicted octanol–water partition coefficient (Wildman–Crippen LogP) is 4.42. The lowest BCUT2D eigenvalue weighted by atomic mass is 9.99. The zero-order chi connectivity index (χ0) is 12.8. The number of unbranched alkanes of at least 4 members (excludes halogenated alkanes) is 1. The molecule has 0 radical (unpaired) electrons. The molecule has 1 aromatic rings. The Labute approximate surface area is 120 Å². The van der Waals surface area contributed by atoms with Crippen molar-refractivity contribution in [2.45, 2.75) is 51.5 Å². The molecule has 0 amide bonds. The van der Waals surface area contributed by atoms with Crippen molar-refractivity contribution < 1.29 is 0 Å². The van der Waals surface area contributed by atoms with E-state index in [1.165, 1.54) is 44.3 Å². The molecule has 2 rings (SSSR count). The zero-order valence-electron chi connectivity index (χ0n) is 11.6. The topological polar surface area (TPSA) is 12.0 Å². The highest BCUT2D eigenvalue weighted by atomic mass is 32.2. The van der Waals surface area contributed by atoms with E-state index in [2.05, 4.69) is 24.6 Å². The average molecular weight is 284 g/mol. The Hall–Kier alpha value is 0.01000. The highest BCUT2D eigenvalue weighted by Gasteiger charge is 2.15. The second-order valence-corrected chi connectivity index (χ2v) is 7.33. The fourth-order valence-corrected chi connectivity index (χ4v) is 4.29. The molecule has 0 saturated heterocycles. The van der Waals surface area contributed by atoms with Crippen LogP contribution in [0.15, 0.2) is 6.07 Å².